The molecule has 2 aromatic heterocycles. The molecule has 2 aromatic carbocycles. The highest BCUT2D eigenvalue weighted by molar-refractivity contribution is 5.92. The summed E-state index contributed by atoms with van der Waals surface area (Å²) >= 11 is 0. The van der Waals surface area contributed by atoms with E-state index in [1.54, 1.807) is 18.2 Å². The number of carbonyl (C=O) groups is 2. The van der Waals surface area contributed by atoms with E-state index in [1.807, 2.05) is 30.3 Å². The maximum atomic E-state index is 13.3. The van der Waals surface area contributed by atoms with Crippen molar-refractivity contribution in [2.75, 3.05) is 7.11 Å². The number of ether oxygens (including phenoxy) is 1. The van der Waals surface area contributed by atoms with E-state index < -0.39 is 18.1 Å². The highest BCUT2D eigenvalue weighted by Crippen LogP contribution is 2.44. The van der Waals surface area contributed by atoms with Crippen molar-refractivity contribution in [3.05, 3.63) is 76.0 Å². The van der Waals surface area contributed by atoms with Crippen LogP contribution in [0.3, 0.4) is 0 Å². The van der Waals surface area contributed by atoms with Crippen molar-refractivity contribution in [3.63, 3.8) is 0 Å². The van der Waals surface area contributed by atoms with Crippen LogP contribution in [0.15, 0.2) is 53.3 Å². The first-order valence-electron chi connectivity index (χ1n) is 10.1. The quantitative estimate of drug-likeness (QED) is 0.482. The zero-order valence-electron chi connectivity index (χ0n) is 16.7. The minimum Gasteiger partial charge on any atom is -0.467 e. The molecule has 1 N–H and O–H groups in total. The Balaban J connectivity index is 1.64. The van der Waals surface area contributed by atoms with E-state index >= 15 is 0 Å². The van der Waals surface area contributed by atoms with E-state index in [2.05, 4.69) is 4.98 Å². The Labute approximate surface area is 176 Å². The molecule has 4 aromatic rings. The zero-order chi connectivity index (χ0) is 21.3. The molecular weight excluding hydrogens is 396 g/mol. The number of fused-ring (bicyclic) bond motifs is 7. The van der Waals surface area contributed by atoms with Gasteiger partial charge in [0.25, 0.3) is 5.56 Å². The van der Waals surface area contributed by atoms with E-state index in [0.717, 1.165) is 16.5 Å². The summed E-state index contributed by atoms with van der Waals surface area (Å²) in [5.74, 6) is -0.341. The first kappa shape index (κ1) is 17.9. The van der Waals surface area contributed by atoms with E-state index in [1.165, 1.54) is 16.6 Å². The summed E-state index contributed by atoms with van der Waals surface area (Å²) in [4.78, 5) is 48.9. The first-order valence-corrected chi connectivity index (χ1v) is 10.1. The van der Waals surface area contributed by atoms with Gasteiger partial charge < -0.3 is 14.6 Å². The number of amides is 1. The van der Waals surface area contributed by atoms with E-state index in [9.17, 15) is 14.4 Å². The van der Waals surface area contributed by atoms with Gasteiger partial charge in [0.2, 0.25) is 5.91 Å². The lowest BCUT2D eigenvalue weighted by atomic mass is 9.89. The molecule has 2 atom stereocenters. The summed E-state index contributed by atoms with van der Waals surface area (Å²) in [5.41, 5.74) is 2.82. The second kappa shape index (κ2) is 6.28. The fourth-order valence-electron chi connectivity index (χ4n) is 4.97. The monoisotopic (exact) mass is 414 g/mol. The van der Waals surface area contributed by atoms with Crippen molar-refractivity contribution < 1.29 is 14.3 Å². The van der Waals surface area contributed by atoms with E-state index in [0.29, 0.717) is 28.8 Å². The Morgan fingerprint density at radius 1 is 1.10 bits per heavy atom. The number of nitrogens with one attached hydrogen (secondary N) is 1. The van der Waals surface area contributed by atoms with Gasteiger partial charge in [0.05, 0.1) is 29.7 Å². The zero-order valence-corrected chi connectivity index (χ0v) is 16.7. The Morgan fingerprint density at radius 2 is 1.84 bits per heavy atom. The van der Waals surface area contributed by atoms with Crippen LogP contribution in [0.5, 0.6) is 0 Å². The van der Waals surface area contributed by atoms with Crippen LogP contribution in [0.2, 0.25) is 0 Å². The Kier molecular flexibility index (Phi) is 3.62. The normalized spacial score (nSPS) is 19.8. The van der Waals surface area contributed by atoms with Gasteiger partial charge in [-0.05, 0) is 23.8 Å². The molecule has 2 aliphatic rings. The van der Waals surface area contributed by atoms with Gasteiger partial charge in [0.1, 0.15) is 12.4 Å². The molecular formula is C23H18N4O4. The second-order valence-corrected chi connectivity index (χ2v) is 7.89. The molecule has 0 spiro atoms. The van der Waals surface area contributed by atoms with Crippen LogP contribution in [-0.2, 0) is 27.3 Å². The molecule has 154 valence electrons. The number of nitrogens with zero attached hydrogens (tertiary/aromatic N) is 3. The molecule has 4 heterocycles. The Morgan fingerprint density at radius 3 is 2.65 bits per heavy atom. The average Bonchev–Trinajstić information content (AvgIpc) is 3.17. The number of aromatic nitrogens is 3. The van der Waals surface area contributed by atoms with Crippen LogP contribution < -0.4 is 5.56 Å². The third kappa shape index (κ3) is 2.35. The van der Waals surface area contributed by atoms with Gasteiger partial charge in [-0.15, -0.1) is 0 Å². The summed E-state index contributed by atoms with van der Waals surface area (Å²) in [6.45, 7) is -0.161. The largest absolute Gasteiger partial charge is 0.467 e. The predicted molar refractivity (Wildman–Crippen MR) is 112 cm³/mol. The second-order valence-electron chi connectivity index (χ2n) is 7.89. The van der Waals surface area contributed by atoms with Crippen molar-refractivity contribution in [2.45, 2.75) is 25.0 Å². The van der Waals surface area contributed by atoms with Gasteiger partial charge in [-0.25, -0.2) is 9.78 Å². The number of aromatic amines is 1. The van der Waals surface area contributed by atoms with Crippen LogP contribution in [0.1, 0.15) is 29.2 Å². The fourth-order valence-corrected chi connectivity index (χ4v) is 4.97. The van der Waals surface area contributed by atoms with Crippen LogP contribution in [0.4, 0.5) is 0 Å². The Hall–Kier alpha value is -3.94. The van der Waals surface area contributed by atoms with Gasteiger partial charge in [-0.2, -0.15) is 0 Å². The van der Waals surface area contributed by atoms with Crippen molar-refractivity contribution in [3.8, 4) is 0 Å². The van der Waals surface area contributed by atoms with E-state index in [-0.39, 0.29) is 18.0 Å². The van der Waals surface area contributed by atoms with Gasteiger partial charge >= 0.3 is 5.97 Å². The lowest BCUT2D eigenvalue weighted by molar-refractivity contribution is -0.158. The minimum absolute atomic E-state index is 0.161. The highest BCUT2D eigenvalue weighted by Gasteiger charge is 2.48. The maximum absolute atomic E-state index is 13.3. The smallest absolute Gasteiger partial charge is 0.334 e. The molecule has 6 rings (SSSR count). The molecule has 8 nitrogen and oxygen atoms in total. The van der Waals surface area contributed by atoms with Crippen LogP contribution in [-0.4, -0.2) is 38.4 Å². The fraction of sp³-hybridized carbons (Fsp3) is 0.217. The van der Waals surface area contributed by atoms with Crippen molar-refractivity contribution in [2.24, 2.45) is 0 Å². The number of esters is 1. The molecule has 0 saturated heterocycles. The first-order chi connectivity index (χ1) is 15.1. The number of benzene rings is 2. The van der Waals surface area contributed by atoms with Gasteiger partial charge in [0.15, 0.2) is 6.04 Å². The molecule has 1 amide bonds. The number of carbonyl (C=O) groups excluding carboxylic acids is 2. The van der Waals surface area contributed by atoms with Crippen molar-refractivity contribution in [1.82, 2.24) is 19.4 Å². The summed E-state index contributed by atoms with van der Waals surface area (Å²) in [7, 11) is 1.31. The third-order valence-electron chi connectivity index (χ3n) is 6.33. The average molecular weight is 414 g/mol. The molecule has 31 heavy (non-hydrogen) atoms. The van der Waals surface area contributed by atoms with Gasteiger partial charge in [0, 0.05) is 17.3 Å². The topological polar surface area (TPSA) is 97.3 Å². The predicted octanol–water partition coefficient (Wildman–Crippen LogP) is 2.23. The lowest BCUT2D eigenvalue weighted by Gasteiger charge is -2.43. The van der Waals surface area contributed by atoms with Crippen LogP contribution in [0, 0.1) is 0 Å². The van der Waals surface area contributed by atoms with E-state index in [4.69, 9.17) is 9.72 Å². The third-order valence-corrected chi connectivity index (χ3v) is 6.33. The molecule has 0 aliphatic carbocycles. The van der Waals surface area contributed by atoms with Crippen molar-refractivity contribution in [1.29, 1.82) is 0 Å². The molecule has 0 saturated carbocycles. The number of rotatable bonds is 1. The number of hydrogen-bond donors (Lipinski definition) is 1. The number of methoxy groups -OCH3 is 1. The van der Waals surface area contributed by atoms with Gasteiger partial charge in [-0.3, -0.25) is 14.2 Å². The summed E-state index contributed by atoms with van der Waals surface area (Å²) in [5, 5.41) is 1.46. The number of para-hydroxylation sites is 2. The molecule has 0 bridgehead atoms. The Bertz CT molecular complexity index is 1470. The summed E-state index contributed by atoms with van der Waals surface area (Å²) < 4.78 is 6.52. The van der Waals surface area contributed by atoms with Gasteiger partial charge in [-0.1, -0.05) is 30.3 Å². The van der Waals surface area contributed by atoms with Crippen LogP contribution in [0.25, 0.3) is 21.8 Å². The molecule has 0 fully saturated rings. The number of hydrogen-bond acceptors (Lipinski definition) is 5. The molecule has 8 heteroatoms. The summed E-state index contributed by atoms with van der Waals surface area (Å²) in [6, 6.07) is 13.4. The highest BCUT2D eigenvalue weighted by atomic mass is 16.5. The SMILES string of the molecule is COC(=O)[C@H]1c2[nH]c3ccccc3c2C[C@@H]2c3nc4ccccc4c(=O)n3CC(=O)N21. The minimum atomic E-state index is -0.921. The molecule has 0 unspecified atom stereocenters. The maximum Gasteiger partial charge on any atom is 0.334 e. The molecule has 2 aliphatic heterocycles. The standard InChI is InChI=1S/C23H18N4O4/c1-31-23(30)20-19-14(12-6-2-4-8-15(12)24-19)10-17-21-25-16-9-5-3-7-13(16)22(29)26(21)11-18(28)27(17)20/h2-9,17,20,24H,10-11H2,1H3/t17-,20-/m1/s1. The summed E-state index contributed by atoms with van der Waals surface area (Å²) in [6.07, 6.45) is 0.448. The molecule has 0 radical (unpaired) electrons. The number of H-pyrrole nitrogens is 1. The van der Waals surface area contributed by atoms with Crippen LogP contribution >= 0.6 is 0 Å². The van der Waals surface area contributed by atoms with Crippen molar-refractivity contribution >= 4 is 33.7 Å². The lowest BCUT2D eigenvalue weighted by Crippen LogP contribution is -2.53.